The molecule has 0 N–H and O–H groups in total. The Labute approximate surface area is 119 Å². The average Bonchev–Trinajstić information content (AvgIpc) is 3.10. The summed E-state index contributed by atoms with van der Waals surface area (Å²) in [6.45, 7) is 2.05. The minimum absolute atomic E-state index is 0.459. The number of aryl methyl sites for hydroxylation is 1. The smallest absolute Gasteiger partial charge is 0.179 e. The number of imidazole rings is 1. The molecule has 18 heavy (non-hydrogen) atoms. The summed E-state index contributed by atoms with van der Waals surface area (Å²) in [6, 6.07) is 0.554. The van der Waals surface area contributed by atoms with Crippen molar-refractivity contribution >= 4 is 27.5 Å². The Bertz CT molecular complexity index is 592. The lowest BCUT2D eigenvalue weighted by Crippen LogP contribution is -2.02. The second kappa shape index (κ2) is 4.63. The first-order valence-electron chi connectivity index (χ1n) is 5.94. The Morgan fingerprint density at radius 2 is 2.22 bits per heavy atom. The van der Waals surface area contributed by atoms with Crippen LogP contribution in [-0.4, -0.2) is 19.5 Å². The molecule has 4 nitrogen and oxygen atoms in total. The van der Waals surface area contributed by atoms with Crippen LogP contribution in [0.2, 0.25) is 5.15 Å². The molecule has 2 aromatic heterocycles. The molecule has 6 heteroatoms. The Kier molecular flexibility index (Phi) is 3.11. The molecule has 1 fully saturated rings. The predicted octanol–water partition coefficient (Wildman–Crippen LogP) is 3.65. The Balaban J connectivity index is 2.10. The SMILES string of the molecule is CCc1nc(-c2cncn2C2CC2)nc(Cl)c1Br. The highest BCUT2D eigenvalue weighted by Crippen LogP contribution is 2.38. The van der Waals surface area contributed by atoms with E-state index in [1.165, 1.54) is 12.8 Å². The fourth-order valence-corrected chi connectivity index (χ4v) is 2.58. The molecule has 0 spiro atoms. The summed E-state index contributed by atoms with van der Waals surface area (Å²) in [4.78, 5) is 13.1. The molecular weight excluding hydrogens is 316 g/mol. The van der Waals surface area contributed by atoms with Crippen LogP contribution in [0.25, 0.3) is 11.5 Å². The van der Waals surface area contributed by atoms with Crippen LogP contribution in [0.4, 0.5) is 0 Å². The molecule has 0 amide bonds. The van der Waals surface area contributed by atoms with Gasteiger partial charge >= 0.3 is 0 Å². The molecule has 3 rings (SSSR count). The van der Waals surface area contributed by atoms with Gasteiger partial charge in [0.2, 0.25) is 0 Å². The van der Waals surface area contributed by atoms with Crippen LogP contribution in [0.15, 0.2) is 17.0 Å². The van der Waals surface area contributed by atoms with Crippen LogP contribution >= 0.6 is 27.5 Å². The largest absolute Gasteiger partial charge is 0.325 e. The third-order valence-electron chi connectivity index (χ3n) is 3.05. The standard InChI is InChI=1S/C12H12BrClN4/c1-2-8-10(13)11(14)17-12(16-8)9-5-15-6-18(9)7-3-4-7/h5-7H,2-4H2,1H3. The van der Waals surface area contributed by atoms with Crippen molar-refractivity contribution in [3.63, 3.8) is 0 Å². The van der Waals surface area contributed by atoms with Crippen molar-refractivity contribution in [1.82, 2.24) is 19.5 Å². The van der Waals surface area contributed by atoms with Crippen LogP contribution < -0.4 is 0 Å². The summed E-state index contributed by atoms with van der Waals surface area (Å²) in [5.74, 6) is 0.657. The molecule has 1 saturated carbocycles. The molecule has 1 aliphatic carbocycles. The van der Waals surface area contributed by atoms with Gasteiger partial charge in [-0.1, -0.05) is 18.5 Å². The normalized spacial score (nSPS) is 15.1. The number of hydrogen-bond acceptors (Lipinski definition) is 3. The van der Waals surface area contributed by atoms with Crippen molar-refractivity contribution in [3.8, 4) is 11.5 Å². The quantitative estimate of drug-likeness (QED) is 0.808. The maximum absolute atomic E-state index is 6.13. The first-order valence-corrected chi connectivity index (χ1v) is 7.12. The summed E-state index contributed by atoms with van der Waals surface area (Å²) in [5, 5.41) is 0.459. The molecule has 0 aromatic carbocycles. The van der Waals surface area contributed by atoms with Crippen molar-refractivity contribution in [2.45, 2.75) is 32.2 Å². The molecule has 0 atom stereocenters. The molecule has 94 valence electrons. The van der Waals surface area contributed by atoms with E-state index in [4.69, 9.17) is 11.6 Å². The van der Waals surface area contributed by atoms with Gasteiger partial charge in [-0.15, -0.1) is 0 Å². The Morgan fingerprint density at radius 3 is 2.89 bits per heavy atom. The lowest BCUT2D eigenvalue weighted by Gasteiger charge is -2.08. The number of aromatic nitrogens is 4. The molecule has 0 aliphatic heterocycles. The van der Waals surface area contributed by atoms with E-state index < -0.39 is 0 Å². The molecule has 0 saturated heterocycles. The van der Waals surface area contributed by atoms with Gasteiger partial charge in [0.05, 0.1) is 22.7 Å². The summed E-state index contributed by atoms with van der Waals surface area (Å²) in [5.41, 5.74) is 1.87. The predicted molar refractivity (Wildman–Crippen MR) is 73.6 cm³/mol. The van der Waals surface area contributed by atoms with Gasteiger partial charge in [-0.3, -0.25) is 0 Å². The molecule has 0 unspecified atom stereocenters. The molecule has 0 bridgehead atoms. The number of halogens is 2. The van der Waals surface area contributed by atoms with Crippen molar-refractivity contribution in [3.05, 3.63) is 27.8 Å². The summed E-state index contributed by atoms with van der Waals surface area (Å²) in [7, 11) is 0. The van der Waals surface area contributed by atoms with Crippen molar-refractivity contribution in [1.29, 1.82) is 0 Å². The van der Waals surface area contributed by atoms with Crippen molar-refractivity contribution in [2.75, 3.05) is 0 Å². The second-order valence-electron chi connectivity index (χ2n) is 4.37. The summed E-state index contributed by atoms with van der Waals surface area (Å²) >= 11 is 9.55. The summed E-state index contributed by atoms with van der Waals surface area (Å²) in [6.07, 6.45) is 6.87. The molecular formula is C12H12BrClN4. The van der Waals surface area contributed by atoms with E-state index in [1.807, 2.05) is 13.3 Å². The number of rotatable bonds is 3. The lowest BCUT2D eigenvalue weighted by molar-refractivity contribution is 0.742. The number of nitrogens with zero attached hydrogens (tertiary/aromatic N) is 4. The minimum atomic E-state index is 0.459. The van der Waals surface area contributed by atoms with Gasteiger partial charge in [-0.2, -0.15) is 0 Å². The van der Waals surface area contributed by atoms with Crippen LogP contribution in [0.1, 0.15) is 31.5 Å². The third kappa shape index (κ3) is 2.06. The average molecular weight is 328 g/mol. The first kappa shape index (κ1) is 12.1. The first-order chi connectivity index (χ1) is 8.70. The van der Waals surface area contributed by atoms with Gasteiger partial charge in [-0.05, 0) is 35.2 Å². The zero-order valence-corrected chi connectivity index (χ0v) is 12.2. The molecule has 1 aliphatic rings. The minimum Gasteiger partial charge on any atom is -0.325 e. The van der Waals surface area contributed by atoms with Crippen molar-refractivity contribution in [2.24, 2.45) is 0 Å². The Morgan fingerprint density at radius 1 is 1.44 bits per heavy atom. The zero-order valence-electron chi connectivity index (χ0n) is 9.90. The van der Waals surface area contributed by atoms with E-state index in [2.05, 4.69) is 35.4 Å². The Hall–Kier alpha value is -0.940. The maximum atomic E-state index is 6.13. The van der Waals surface area contributed by atoms with Crippen molar-refractivity contribution < 1.29 is 0 Å². The van der Waals surface area contributed by atoms with E-state index in [9.17, 15) is 0 Å². The van der Waals surface area contributed by atoms with Gasteiger partial charge in [0.15, 0.2) is 5.82 Å². The van der Waals surface area contributed by atoms with E-state index in [-0.39, 0.29) is 0 Å². The number of hydrogen-bond donors (Lipinski definition) is 0. The topological polar surface area (TPSA) is 43.6 Å². The van der Waals surface area contributed by atoms with Gasteiger partial charge in [0, 0.05) is 6.04 Å². The van der Waals surface area contributed by atoms with Crippen LogP contribution in [0.3, 0.4) is 0 Å². The van der Waals surface area contributed by atoms with Crippen LogP contribution in [-0.2, 0) is 6.42 Å². The monoisotopic (exact) mass is 326 g/mol. The van der Waals surface area contributed by atoms with Crippen LogP contribution in [0, 0.1) is 0 Å². The molecule has 0 radical (unpaired) electrons. The molecule has 2 heterocycles. The maximum Gasteiger partial charge on any atom is 0.179 e. The highest BCUT2D eigenvalue weighted by molar-refractivity contribution is 9.10. The van der Waals surface area contributed by atoms with Gasteiger partial charge in [0.25, 0.3) is 0 Å². The highest BCUT2D eigenvalue weighted by atomic mass is 79.9. The van der Waals surface area contributed by atoms with Gasteiger partial charge < -0.3 is 4.57 Å². The summed E-state index contributed by atoms with van der Waals surface area (Å²) < 4.78 is 2.92. The third-order valence-corrected chi connectivity index (χ3v) is 4.38. The van der Waals surface area contributed by atoms with Crippen LogP contribution in [0.5, 0.6) is 0 Å². The van der Waals surface area contributed by atoms with Gasteiger partial charge in [0.1, 0.15) is 10.8 Å². The van der Waals surface area contributed by atoms with E-state index in [0.717, 1.165) is 22.3 Å². The highest BCUT2D eigenvalue weighted by Gasteiger charge is 2.26. The van der Waals surface area contributed by atoms with E-state index in [1.54, 1.807) is 6.20 Å². The van der Waals surface area contributed by atoms with E-state index >= 15 is 0 Å². The fraction of sp³-hybridized carbons (Fsp3) is 0.417. The fourth-order valence-electron chi connectivity index (χ4n) is 1.93. The lowest BCUT2D eigenvalue weighted by atomic mass is 10.3. The van der Waals surface area contributed by atoms with E-state index in [0.29, 0.717) is 17.0 Å². The molecule has 2 aromatic rings. The zero-order chi connectivity index (χ0) is 12.7. The second-order valence-corrected chi connectivity index (χ2v) is 5.52. The van der Waals surface area contributed by atoms with Gasteiger partial charge in [-0.25, -0.2) is 15.0 Å².